The normalized spacial score (nSPS) is 14.3. The van der Waals surface area contributed by atoms with Gasteiger partial charge in [0.25, 0.3) is 0 Å². The fourth-order valence-corrected chi connectivity index (χ4v) is 10.1. The molecule has 0 aliphatic rings. The molecule has 0 fully saturated rings. The van der Waals surface area contributed by atoms with Crippen LogP contribution in [0.5, 0.6) is 11.5 Å². The SMILES string of the molecule is CCC(C)(C)c1cc(C(C)(C)CC)c2op(Oc3c(C(C)c4cc(C(C)(C)C)cc(C(C)(C)C)c4O)cc(C(C)(C)C)cc3C(C)(C)C)oc3c(C(C)(C)CC)cc(C(C)(C)CC)cc3c2c1. The van der Waals surface area contributed by atoms with Crippen LogP contribution in [0.1, 0.15) is 260 Å². The van der Waals surface area contributed by atoms with E-state index in [1.807, 2.05) is 0 Å². The van der Waals surface area contributed by atoms with E-state index >= 15 is 0 Å². The van der Waals surface area contributed by atoms with Crippen LogP contribution in [0.25, 0.3) is 21.9 Å². The Balaban J connectivity index is 2.10. The molecule has 0 amide bonds. The number of hydrogen-bond acceptors (Lipinski definition) is 4. The summed E-state index contributed by atoms with van der Waals surface area (Å²) in [4.78, 5) is 0. The van der Waals surface area contributed by atoms with Crippen LogP contribution in [0.4, 0.5) is 0 Å². The zero-order valence-corrected chi connectivity index (χ0v) is 48.0. The maximum absolute atomic E-state index is 12.4. The molecule has 1 heterocycles. The third-order valence-electron chi connectivity index (χ3n) is 16.1. The van der Waals surface area contributed by atoms with E-state index < -0.39 is 8.24 Å². The van der Waals surface area contributed by atoms with Crippen LogP contribution in [0, 0.1) is 0 Å². The summed E-state index contributed by atoms with van der Waals surface area (Å²) in [6.07, 6.45) is 3.86. The molecule has 1 atom stereocenters. The fourth-order valence-electron chi connectivity index (χ4n) is 8.93. The van der Waals surface area contributed by atoms with E-state index in [4.69, 9.17) is 12.9 Å². The van der Waals surface area contributed by atoms with Crippen LogP contribution < -0.4 is 4.52 Å². The van der Waals surface area contributed by atoms with Crippen molar-refractivity contribution in [2.75, 3.05) is 0 Å². The van der Waals surface area contributed by atoms with Gasteiger partial charge in [-0.2, -0.15) is 0 Å². The first kappa shape index (κ1) is 54.3. The van der Waals surface area contributed by atoms with Crippen LogP contribution >= 0.6 is 8.24 Å². The van der Waals surface area contributed by atoms with Crippen molar-refractivity contribution in [3.8, 4) is 11.5 Å². The Morgan fingerprint density at radius 3 is 1.12 bits per heavy atom. The first-order valence-electron chi connectivity index (χ1n) is 25.6. The largest absolute Gasteiger partial charge is 0.507 e. The summed E-state index contributed by atoms with van der Waals surface area (Å²) in [5, 5.41) is 14.6. The number of hydrogen-bond donors (Lipinski definition) is 1. The molecule has 0 spiro atoms. The van der Waals surface area contributed by atoms with E-state index in [9.17, 15) is 5.11 Å². The van der Waals surface area contributed by atoms with Crippen LogP contribution in [0.15, 0.2) is 56.9 Å². The summed E-state index contributed by atoms with van der Waals surface area (Å²) in [7, 11) is -2.10. The van der Waals surface area contributed by atoms with Crippen molar-refractivity contribution in [2.45, 2.75) is 248 Å². The van der Waals surface area contributed by atoms with Gasteiger partial charge >= 0.3 is 8.24 Å². The third-order valence-corrected chi connectivity index (χ3v) is 17.1. The highest BCUT2D eigenvalue weighted by molar-refractivity contribution is 7.32. The Morgan fingerprint density at radius 2 is 0.776 bits per heavy atom. The Bertz CT molecular complexity index is 2560. The molecule has 4 nitrogen and oxygen atoms in total. The van der Waals surface area contributed by atoms with Crippen molar-refractivity contribution < 1.29 is 18.0 Å². The highest BCUT2D eigenvalue weighted by Crippen LogP contribution is 2.52. The molecular weight excluding hydrogens is 840 g/mol. The second-order valence-corrected chi connectivity index (χ2v) is 27.9. The molecule has 5 aromatic rings. The molecule has 0 saturated carbocycles. The van der Waals surface area contributed by atoms with Gasteiger partial charge in [0.2, 0.25) is 0 Å². The Hall–Kier alpha value is -3.62. The zero-order chi connectivity index (χ0) is 51.0. The van der Waals surface area contributed by atoms with Crippen molar-refractivity contribution in [1.82, 2.24) is 0 Å². The van der Waals surface area contributed by atoms with Crippen LogP contribution in [-0.2, 0) is 43.3 Å². The maximum Gasteiger partial charge on any atom is 0.453 e. The number of phenols is 1. The van der Waals surface area contributed by atoms with Gasteiger partial charge in [0.05, 0.1) is 0 Å². The second kappa shape index (κ2) is 18.3. The summed E-state index contributed by atoms with van der Waals surface area (Å²) in [6, 6.07) is 18.8. The smallest absolute Gasteiger partial charge is 0.453 e. The zero-order valence-electron chi connectivity index (χ0n) is 47.1. The molecule has 1 N–H and O–H groups in total. The van der Waals surface area contributed by atoms with Gasteiger partial charge in [-0.25, -0.2) is 0 Å². The summed E-state index contributed by atoms with van der Waals surface area (Å²) in [6.45, 7) is 57.2. The monoisotopic (exact) mass is 933 g/mol. The predicted octanol–water partition coefficient (Wildman–Crippen LogP) is 19.9. The van der Waals surface area contributed by atoms with E-state index in [0.29, 0.717) is 5.75 Å². The molecule has 5 heteroatoms. The standard InChI is InChI=1S/C62H93O4P/c1-26-59(18,19)41-32-45-46-33-42(60(20,21)27-2)37-50(62(24,25)29-4)54(46)66-67(65-53(45)49(36-41)61(22,23)28-3)64-52-44(31-40(56(9,10)11)35-48(52)58(15,16)17)38(5)43-30-39(55(6,7)8)34-47(51(43)63)57(12,13)14/h30-38,63H,26-29H2,1-25H3. The average Bonchev–Trinajstić information content (AvgIpc) is 3.37. The first-order chi connectivity index (χ1) is 30.4. The van der Waals surface area contributed by atoms with Gasteiger partial charge in [0, 0.05) is 44.5 Å². The van der Waals surface area contributed by atoms with E-state index in [1.54, 1.807) is 0 Å². The summed E-state index contributed by atoms with van der Waals surface area (Å²) >= 11 is 0. The summed E-state index contributed by atoms with van der Waals surface area (Å²) < 4.78 is 22.8. The molecule has 1 unspecified atom stereocenters. The minimum absolute atomic E-state index is 0.0713. The minimum atomic E-state index is -2.10. The quantitative estimate of drug-likeness (QED) is 0.135. The van der Waals surface area contributed by atoms with Gasteiger partial charge in [0.1, 0.15) is 22.7 Å². The molecule has 4 aromatic carbocycles. The minimum Gasteiger partial charge on any atom is -0.507 e. The lowest BCUT2D eigenvalue weighted by Crippen LogP contribution is -2.21. The molecule has 0 radical (unpaired) electrons. The molecule has 0 aliphatic carbocycles. The highest BCUT2D eigenvalue weighted by atomic mass is 31.1. The van der Waals surface area contributed by atoms with Crippen molar-refractivity contribution in [3.63, 3.8) is 0 Å². The third kappa shape index (κ3) is 10.9. The number of benzene rings is 4. The Kier molecular flexibility index (Phi) is 14.8. The second-order valence-electron chi connectivity index (χ2n) is 26.9. The van der Waals surface area contributed by atoms with Crippen molar-refractivity contribution in [1.29, 1.82) is 0 Å². The van der Waals surface area contributed by atoms with Crippen LogP contribution in [0.3, 0.4) is 0 Å². The summed E-state index contributed by atoms with van der Waals surface area (Å²) in [5.74, 6) is 0.870. The molecule has 67 heavy (non-hydrogen) atoms. The van der Waals surface area contributed by atoms with Crippen LogP contribution in [-0.4, -0.2) is 5.11 Å². The van der Waals surface area contributed by atoms with E-state index in [2.05, 4.69) is 222 Å². The van der Waals surface area contributed by atoms with E-state index in [1.165, 1.54) is 33.4 Å². The molecule has 5 rings (SSSR count). The van der Waals surface area contributed by atoms with Crippen LogP contribution in [0.2, 0.25) is 0 Å². The highest BCUT2D eigenvalue weighted by Gasteiger charge is 2.35. The van der Waals surface area contributed by atoms with Crippen molar-refractivity contribution in [3.05, 3.63) is 104 Å². The van der Waals surface area contributed by atoms with Gasteiger partial charge < -0.3 is 18.0 Å². The lowest BCUT2D eigenvalue weighted by molar-refractivity contribution is 0.435. The number of phenolic OH excluding ortho intramolecular Hbond substituents is 1. The van der Waals surface area contributed by atoms with Gasteiger partial charge in [-0.1, -0.05) is 209 Å². The van der Waals surface area contributed by atoms with Gasteiger partial charge in [-0.05, 0) is 109 Å². The van der Waals surface area contributed by atoms with E-state index in [0.717, 1.165) is 75.6 Å². The fraction of sp³-hybridized carbons (Fsp3) is 0.613. The van der Waals surface area contributed by atoms with Gasteiger partial charge in [-0.3, -0.25) is 0 Å². The number of rotatable bonds is 12. The van der Waals surface area contributed by atoms with Gasteiger partial charge in [-0.15, -0.1) is 0 Å². The van der Waals surface area contributed by atoms with Crippen molar-refractivity contribution >= 4 is 30.2 Å². The first-order valence-corrected chi connectivity index (χ1v) is 26.7. The summed E-state index contributed by atoms with van der Waals surface area (Å²) in [5.41, 5.74) is 11.6. The van der Waals surface area contributed by atoms with E-state index in [-0.39, 0.29) is 49.2 Å². The number of fused-ring (bicyclic) bond motifs is 3. The molecule has 0 aliphatic heterocycles. The topological polar surface area (TPSA) is 55.7 Å². The molecule has 370 valence electrons. The lowest BCUT2D eigenvalue weighted by atomic mass is 9.74. The lowest BCUT2D eigenvalue weighted by Gasteiger charge is -2.32. The molecular formula is C62H93O4P. The van der Waals surface area contributed by atoms with Crippen molar-refractivity contribution in [2.24, 2.45) is 0 Å². The average molecular weight is 933 g/mol. The molecule has 1 aromatic heterocycles. The Labute approximate surface area is 410 Å². The predicted molar refractivity (Wildman–Crippen MR) is 292 cm³/mol. The Morgan fingerprint density at radius 1 is 0.433 bits per heavy atom. The number of aromatic hydroxyl groups is 1. The maximum atomic E-state index is 12.4. The molecule has 0 saturated heterocycles. The van der Waals surface area contributed by atoms with Gasteiger partial charge in [0.15, 0.2) is 0 Å². The molecule has 0 bridgehead atoms.